The molecule has 0 saturated carbocycles. The summed E-state index contributed by atoms with van der Waals surface area (Å²) in [6.07, 6.45) is 6.07. The van der Waals surface area contributed by atoms with Crippen molar-refractivity contribution in [1.82, 2.24) is 0 Å². The Kier molecular flexibility index (Phi) is 4.95. The van der Waals surface area contributed by atoms with E-state index in [0.717, 1.165) is 12.8 Å². The molecule has 0 radical (unpaired) electrons. The number of rotatable bonds is 6. The van der Waals surface area contributed by atoms with Gasteiger partial charge in [-0.3, -0.25) is 0 Å². The molecule has 0 heterocycles. The Morgan fingerprint density at radius 3 is 2.15 bits per heavy atom. The van der Waals surface area contributed by atoms with Gasteiger partial charge in [0.1, 0.15) is 0 Å². The van der Waals surface area contributed by atoms with Gasteiger partial charge in [0.05, 0.1) is 0 Å². The van der Waals surface area contributed by atoms with E-state index in [9.17, 15) is 0 Å². The molecule has 0 saturated heterocycles. The Balaban J connectivity index is 2.33. The Morgan fingerprint density at radius 2 is 1.50 bits per heavy atom. The first-order chi connectivity index (χ1) is 9.80. The molecule has 0 fully saturated rings. The zero-order valence-electron chi connectivity index (χ0n) is 12.2. The summed E-state index contributed by atoms with van der Waals surface area (Å²) in [5.74, 6) is 0.519. The summed E-state index contributed by atoms with van der Waals surface area (Å²) >= 11 is 0. The third-order valence-electron chi connectivity index (χ3n) is 3.89. The highest BCUT2D eigenvalue weighted by atomic mass is 14.2. The molecule has 2 aromatic carbocycles. The van der Waals surface area contributed by atoms with Gasteiger partial charge in [-0.05, 0) is 41.0 Å². The van der Waals surface area contributed by atoms with E-state index < -0.39 is 0 Å². The van der Waals surface area contributed by atoms with Crippen molar-refractivity contribution >= 4 is 12.2 Å². The molecule has 102 valence electrons. The summed E-state index contributed by atoms with van der Waals surface area (Å²) < 4.78 is 0. The molecule has 0 aliphatic heterocycles. The van der Waals surface area contributed by atoms with Crippen LogP contribution in [-0.4, -0.2) is 0 Å². The van der Waals surface area contributed by atoms with Crippen LogP contribution in [0.2, 0.25) is 0 Å². The molecule has 20 heavy (non-hydrogen) atoms. The lowest BCUT2D eigenvalue weighted by atomic mass is 9.85. The van der Waals surface area contributed by atoms with Crippen LogP contribution in [0.1, 0.15) is 41.5 Å². The summed E-state index contributed by atoms with van der Waals surface area (Å²) in [7, 11) is 0. The molecule has 0 aromatic heterocycles. The number of hydrogen-bond acceptors (Lipinski definition) is 0. The fourth-order valence-corrected chi connectivity index (χ4v) is 2.73. The van der Waals surface area contributed by atoms with E-state index in [0.29, 0.717) is 5.92 Å². The second-order valence-corrected chi connectivity index (χ2v) is 5.05. The van der Waals surface area contributed by atoms with E-state index in [1.807, 2.05) is 12.2 Å². The molecule has 0 nitrogen and oxygen atoms in total. The zero-order chi connectivity index (χ0) is 14.4. The van der Waals surface area contributed by atoms with Crippen LogP contribution in [0.25, 0.3) is 12.2 Å². The van der Waals surface area contributed by atoms with Gasteiger partial charge in [-0.15, -0.1) is 0 Å². The third kappa shape index (κ3) is 3.08. The second kappa shape index (κ2) is 6.91. The molecule has 0 aliphatic carbocycles. The molecule has 1 atom stereocenters. The van der Waals surface area contributed by atoms with Gasteiger partial charge in [0.25, 0.3) is 0 Å². The highest BCUT2D eigenvalue weighted by Gasteiger charge is 2.14. The molecule has 0 N–H and O–H groups in total. The van der Waals surface area contributed by atoms with Crippen molar-refractivity contribution in [2.75, 3.05) is 0 Å². The highest BCUT2D eigenvalue weighted by Crippen LogP contribution is 2.29. The third-order valence-corrected chi connectivity index (χ3v) is 3.89. The molecule has 2 aromatic rings. The van der Waals surface area contributed by atoms with E-state index in [-0.39, 0.29) is 0 Å². The topological polar surface area (TPSA) is 0 Å². The maximum atomic E-state index is 3.93. The second-order valence-electron chi connectivity index (χ2n) is 5.05. The Hall–Kier alpha value is -2.08. The smallest absolute Gasteiger partial charge is 0.0118 e. The van der Waals surface area contributed by atoms with E-state index in [4.69, 9.17) is 0 Å². The molecule has 0 aliphatic rings. The number of hydrogen-bond donors (Lipinski definition) is 0. The molecule has 1 unspecified atom stereocenters. The molecule has 0 amide bonds. The molecule has 0 heteroatoms. The van der Waals surface area contributed by atoms with Gasteiger partial charge in [0.15, 0.2) is 0 Å². The van der Waals surface area contributed by atoms with Crippen molar-refractivity contribution < 1.29 is 0 Å². The van der Waals surface area contributed by atoms with Gasteiger partial charge < -0.3 is 0 Å². The first-order valence-electron chi connectivity index (χ1n) is 7.21. The van der Waals surface area contributed by atoms with Crippen LogP contribution < -0.4 is 0 Å². The van der Waals surface area contributed by atoms with Crippen LogP contribution in [0, 0.1) is 0 Å². The van der Waals surface area contributed by atoms with Crippen molar-refractivity contribution in [3.8, 4) is 0 Å². The summed E-state index contributed by atoms with van der Waals surface area (Å²) in [5.41, 5.74) is 5.24. The highest BCUT2D eigenvalue weighted by molar-refractivity contribution is 5.55. The van der Waals surface area contributed by atoms with Crippen molar-refractivity contribution in [3.63, 3.8) is 0 Å². The maximum Gasteiger partial charge on any atom is -0.0118 e. The van der Waals surface area contributed by atoms with Crippen LogP contribution in [0.3, 0.4) is 0 Å². The fraction of sp³-hybridized carbons (Fsp3) is 0.200. The van der Waals surface area contributed by atoms with Crippen LogP contribution in [-0.2, 0) is 6.42 Å². The van der Waals surface area contributed by atoms with Crippen LogP contribution in [0.4, 0.5) is 0 Å². The SMILES string of the molecule is C=Cc1ccccc1CC(CC)c1ccccc1C=C. The Labute approximate surface area is 122 Å². The van der Waals surface area contributed by atoms with E-state index in [1.54, 1.807) is 0 Å². The van der Waals surface area contributed by atoms with Crippen molar-refractivity contribution in [3.05, 3.63) is 83.9 Å². The molecule has 2 rings (SSSR count). The monoisotopic (exact) mass is 262 g/mol. The first kappa shape index (κ1) is 14.3. The van der Waals surface area contributed by atoms with E-state index in [2.05, 4.69) is 68.6 Å². The predicted molar refractivity (Wildman–Crippen MR) is 89.8 cm³/mol. The summed E-state index contributed by atoms with van der Waals surface area (Å²) in [6.45, 7) is 10.1. The lowest BCUT2D eigenvalue weighted by molar-refractivity contribution is 0.658. The van der Waals surface area contributed by atoms with Gasteiger partial charge in [-0.1, -0.05) is 80.8 Å². The molecular weight excluding hydrogens is 240 g/mol. The Morgan fingerprint density at radius 1 is 0.900 bits per heavy atom. The minimum Gasteiger partial charge on any atom is -0.0985 e. The lowest BCUT2D eigenvalue weighted by Crippen LogP contribution is -2.05. The van der Waals surface area contributed by atoms with Crippen molar-refractivity contribution in [1.29, 1.82) is 0 Å². The zero-order valence-corrected chi connectivity index (χ0v) is 12.2. The fourth-order valence-electron chi connectivity index (χ4n) is 2.73. The van der Waals surface area contributed by atoms with Gasteiger partial charge >= 0.3 is 0 Å². The largest absolute Gasteiger partial charge is 0.0985 e. The maximum absolute atomic E-state index is 3.93. The average Bonchev–Trinajstić information content (AvgIpc) is 2.53. The molecule has 0 spiro atoms. The summed E-state index contributed by atoms with van der Waals surface area (Å²) in [4.78, 5) is 0. The molecular formula is C20H22. The number of benzene rings is 2. The Bertz CT molecular complexity index is 592. The van der Waals surface area contributed by atoms with Crippen LogP contribution >= 0.6 is 0 Å². The lowest BCUT2D eigenvalue weighted by Gasteiger charge is -2.19. The van der Waals surface area contributed by atoms with Crippen LogP contribution in [0.15, 0.2) is 61.7 Å². The first-order valence-corrected chi connectivity index (χ1v) is 7.21. The average molecular weight is 262 g/mol. The predicted octanol–water partition coefficient (Wildman–Crippen LogP) is 5.71. The van der Waals surface area contributed by atoms with Gasteiger partial charge in [-0.25, -0.2) is 0 Å². The van der Waals surface area contributed by atoms with Crippen molar-refractivity contribution in [2.24, 2.45) is 0 Å². The van der Waals surface area contributed by atoms with Gasteiger partial charge in [0, 0.05) is 0 Å². The normalized spacial score (nSPS) is 11.8. The van der Waals surface area contributed by atoms with E-state index in [1.165, 1.54) is 22.3 Å². The molecule has 0 bridgehead atoms. The minimum atomic E-state index is 0.519. The summed E-state index contributed by atoms with van der Waals surface area (Å²) in [6, 6.07) is 17.1. The summed E-state index contributed by atoms with van der Waals surface area (Å²) in [5, 5.41) is 0. The van der Waals surface area contributed by atoms with Crippen LogP contribution in [0.5, 0.6) is 0 Å². The van der Waals surface area contributed by atoms with Gasteiger partial charge in [-0.2, -0.15) is 0 Å². The quantitative estimate of drug-likeness (QED) is 0.625. The van der Waals surface area contributed by atoms with Gasteiger partial charge in [0.2, 0.25) is 0 Å². The van der Waals surface area contributed by atoms with Crippen molar-refractivity contribution in [2.45, 2.75) is 25.7 Å². The minimum absolute atomic E-state index is 0.519. The van der Waals surface area contributed by atoms with E-state index >= 15 is 0 Å². The standard InChI is InChI=1S/C20H22/c1-4-16-11-7-8-13-19(16)15-18(6-3)20-14-10-9-12-17(20)5-2/h4-5,7-14,18H,1-2,6,15H2,3H3.